The normalized spacial score (nSPS) is 20.0. The van der Waals surface area contributed by atoms with Crippen LogP contribution in [-0.2, 0) is 0 Å². The molecule has 1 atom stereocenters. The lowest BCUT2D eigenvalue weighted by atomic mass is 10.0. The number of benzene rings is 1. The SMILES string of the molecule is CCSCCN1CCNCC1c1cccc(Cl)c1.Cl. The maximum absolute atomic E-state index is 6.10. The van der Waals surface area contributed by atoms with Gasteiger partial charge >= 0.3 is 0 Å². The fourth-order valence-corrected chi connectivity index (χ4v) is 3.23. The lowest BCUT2D eigenvalue weighted by molar-refractivity contribution is 0.172. The molecule has 5 heteroatoms. The van der Waals surface area contributed by atoms with Crippen molar-refractivity contribution in [1.82, 2.24) is 10.2 Å². The molecule has 1 aliphatic rings. The number of halogens is 2. The highest BCUT2D eigenvalue weighted by Gasteiger charge is 2.23. The highest BCUT2D eigenvalue weighted by atomic mass is 35.5. The summed E-state index contributed by atoms with van der Waals surface area (Å²) in [6.45, 7) is 6.63. The Morgan fingerprint density at radius 2 is 2.32 bits per heavy atom. The molecule has 108 valence electrons. The van der Waals surface area contributed by atoms with E-state index in [-0.39, 0.29) is 12.4 Å². The van der Waals surface area contributed by atoms with Crippen LogP contribution in [0.25, 0.3) is 0 Å². The molecule has 2 nitrogen and oxygen atoms in total. The summed E-state index contributed by atoms with van der Waals surface area (Å²) in [4.78, 5) is 2.57. The topological polar surface area (TPSA) is 15.3 Å². The van der Waals surface area contributed by atoms with E-state index in [0.29, 0.717) is 6.04 Å². The molecular weight excluding hydrogens is 299 g/mol. The van der Waals surface area contributed by atoms with Gasteiger partial charge in [0.25, 0.3) is 0 Å². The molecule has 1 N–H and O–H groups in total. The van der Waals surface area contributed by atoms with E-state index >= 15 is 0 Å². The van der Waals surface area contributed by atoms with Crippen LogP contribution < -0.4 is 5.32 Å². The van der Waals surface area contributed by atoms with Crippen molar-refractivity contribution in [3.8, 4) is 0 Å². The largest absolute Gasteiger partial charge is 0.314 e. The molecule has 1 fully saturated rings. The molecule has 1 heterocycles. The number of piperazine rings is 1. The van der Waals surface area contributed by atoms with Crippen LogP contribution in [0.1, 0.15) is 18.5 Å². The van der Waals surface area contributed by atoms with Crippen LogP contribution >= 0.6 is 35.8 Å². The van der Waals surface area contributed by atoms with Gasteiger partial charge in [0.15, 0.2) is 0 Å². The molecule has 0 aliphatic carbocycles. The van der Waals surface area contributed by atoms with E-state index in [1.807, 2.05) is 23.9 Å². The maximum atomic E-state index is 6.10. The van der Waals surface area contributed by atoms with Crippen LogP contribution in [0.15, 0.2) is 24.3 Å². The average Bonchev–Trinajstić information content (AvgIpc) is 2.40. The summed E-state index contributed by atoms with van der Waals surface area (Å²) in [5.74, 6) is 2.42. The van der Waals surface area contributed by atoms with Crippen LogP contribution in [0.5, 0.6) is 0 Å². The zero-order chi connectivity index (χ0) is 12.8. The molecule has 0 aromatic heterocycles. The molecule has 1 saturated heterocycles. The first-order chi connectivity index (χ1) is 8.81. The predicted molar refractivity (Wildman–Crippen MR) is 88.9 cm³/mol. The monoisotopic (exact) mass is 320 g/mol. The lowest BCUT2D eigenvalue weighted by Gasteiger charge is -2.36. The Bertz CT molecular complexity index is 376. The van der Waals surface area contributed by atoms with E-state index in [9.17, 15) is 0 Å². The summed E-state index contributed by atoms with van der Waals surface area (Å²) < 4.78 is 0. The van der Waals surface area contributed by atoms with E-state index < -0.39 is 0 Å². The summed E-state index contributed by atoms with van der Waals surface area (Å²) >= 11 is 8.11. The fourth-order valence-electron chi connectivity index (χ4n) is 2.38. The minimum Gasteiger partial charge on any atom is -0.314 e. The Morgan fingerprint density at radius 3 is 3.05 bits per heavy atom. The second kappa shape index (κ2) is 9.09. The highest BCUT2D eigenvalue weighted by Crippen LogP contribution is 2.24. The van der Waals surface area contributed by atoms with Gasteiger partial charge in [0, 0.05) is 43.0 Å². The Labute approximate surface area is 131 Å². The van der Waals surface area contributed by atoms with Gasteiger partial charge in [-0.05, 0) is 23.4 Å². The van der Waals surface area contributed by atoms with E-state index in [4.69, 9.17) is 11.6 Å². The average molecular weight is 321 g/mol. The number of hydrogen-bond acceptors (Lipinski definition) is 3. The lowest BCUT2D eigenvalue weighted by Crippen LogP contribution is -2.46. The minimum atomic E-state index is 0. The Hall–Kier alpha value is 0.0700. The number of hydrogen-bond donors (Lipinski definition) is 1. The summed E-state index contributed by atoms with van der Waals surface area (Å²) in [5.41, 5.74) is 1.33. The smallest absolute Gasteiger partial charge is 0.0474 e. The first-order valence-corrected chi connectivity index (χ1v) is 8.12. The van der Waals surface area contributed by atoms with Crippen molar-refractivity contribution < 1.29 is 0 Å². The second-order valence-electron chi connectivity index (χ2n) is 4.51. The number of nitrogens with zero attached hydrogens (tertiary/aromatic N) is 1. The third-order valence-corrected chi connectivity index (χ3v) is 4.43. The molecule has 2 rings (SSSR count). The third-order valence-electron chi connectivity index (χ3n) is 3.31. The van der Waals surface area contributed by atoms with E-state index in [0.717, 1.165) is 31.2 Å². The van der Waals surface area contributed by atoms with Crippen LogP contribution in [-0.4, -0.2) is 42.6 Å². The van der Waals surface area contributed by atoms with Crippen molar-refractivity contribution in [3.05, 3.63) is 34.9 Å². The Balaban J connectivity index is 0.00000180. The third kappa shape index (κ3) is 5.16. The summed E-state index contributed by atoms with van der Waals surface area (Å²) in [7, 11) is 0. The predicted octanol–water partition coefficient (Wildman–Crippen LogP) is 3.46. The number of nitrogens with one attached hydrogen (secondary N) is 1. The van der Waals surface area contributed by atoms with Gasteiger partial charge in [0.05, 0.1) is 0 Å². The van der Waals surface area contributed by atoms with Crippen molar-refractivity contribution in [2.45, 2.75) is 13.0 Å². The van der Waals surface area contributed by atoms with E-state index in [1.54, 1.807) is 0 Å². The van der Waals surface area contributed by atoms with Gasteiger partial charge in [-0.3, -0.25) is 4.90 Å². The zero-order valence-electron chi connectivity index (χ0n) is 11.3. The van der Waals surface area contributed by atoms with Gasteiger partial charge in [-0.1, -0.05) is 30.7 Å². The first-order valence-electron chi connectivity index (χ1n) is 6.59. The van der Waals surface area contributed by atoms with E-state index in [2.05, 4.69) is 29.3 Å². The van der Waals surface area contributed by atoms with Crippen molar-refractivity contribution in [2.75, 3.05) is 37.7 Å². The maximum Gasteiger partial charge on any atom is 0.0474 e. The molecule has 1 aromatic rings. The van der Waals surface area contributed by atoms with Gasteiger partial charge in [0.1, 0.15) is 0 Å². The standard InChI is InChI=1S/C14H21ClN2S.ClH/c1-2-18-9-8-17-7-6-16-11-14(17)12-4-3-5-13(15)10-12;/h3-5,10,14,16H,2,6-9,11H2,1H3;1H. The molecule has 0 spiro atoms. The van der Waals surface area contributed by atoms with Crippen molar-refractivity contribution in [1.29, 1.82) is 0 Å². The fraction of sp³-hybridized carbons (Fsp3) is 0.571. The van der Waals surface area contributed by atoms with Crippen LogP contribution in [0, 0.1) is 0 Å². The molecule has 0 amide bonds. The zero-order valence-corrected chi connectivity index (χ0v) is 13.7. The van der Waals surface area contributed by atoms with Gasteiger partial charge in [-0.15, -0.1) is 12.4 Å². The summed E-state index contributed by atoms with van der Waals surface area (Å²) in [5, 5.41) is 4.32. The Morgan fingerprint density at radius 1 is 1.47 bits per heavy atom. The van der Waals surface area contributed by atoms with Crippen molar-refractivity contribution in [2.24, 2.45) is 0 Å². The van der Waals surface area contributed by atoms with E-state index in [1.165, 1.54) is 17.1 Å². The molecule has 0 bridgehead atoms. The van der Waals surface area contributed by atoms with Gasteiger partial charge in [-0.2, -0.15) is 11.8 Å². The molecule has 19 heavy (non-hydrogen) atoms. The van der Waals surface area contributed by atoms with Crippen molar-refractivity contribution in [3.63, 3.8) is 0 Å². The molecular formula is C14H22Cl2N2S. The summed E-state index contributed by atoms with van der Waals surface area (Å²) in [6, 6.07) is 8.74. The van der Waals surface area contributed by atoms with Gasteiger partial charge in [0.2, 0.25) is 0 Å². The first kappa shape index (κ1) is 17.1. The molecule has 1 aliphatic heterocycles. The molecule has 1 unspecified atom stereocenters. The van der Waals surface area contributed by atoms with Crippen molar-refractivity contribution >= 4 is 35.8 Å². The van der Waals surface area contributed by atoms with Crippen LogP contribution in [0.3, 0.4) is 0 Å². The second-order valence-corrected chi connectivity index (χ2v) is 6.34. The number of thioether (sulfide) groups is 1. The number of rotatable bonds is 5. The van der Waals surface area contributed by atoms with Crippen LogP contribution in [0.4, 0.5) is 0 Å². The van der Waals surface area contributed by atoms with Crippen LogP contribution in [0.2, 0.25) is 5.02 Å². The molecule has 0 saturated carbocycles. The van der Waals surface area contributed by atoms with Gasteiger partial charge in [-0.25, -0.2) is 0 Å². The highest BCUT2D eigenvalue weighted by molar-refractivity contribution is 7.99. The quantitative estimate of drug-likeness (QED) is 0.836. The Kier molecular flexibility index (Phi) is 8.19. The minimum absolute atomic E-state index is 0. The molecule has 1 aromatic carbocycles. The molecule has 0 radical (unpaired) electrons. The summed E-state index contributed by atoms with van der Waals surface area (Å²) in [6.07, 6.45) is 0. The van der Waals surface area contributed by atoms with Gasteiger partial charge < -0.3 is 5.32 Å².